The van der Waals surface area contributed by atoms with E-state index in [1.165, 1.54) is 28.3 Å². The molecule has 0 bridgehead atoms. The van der Waals surface area contributed by atoms with Crippen LogP contribution < -0.4 is 15.5 Å². The summed E-state index contributed by atoms with van der Waals surface area (Å²) in [6.45, 7) is 2.55. The molecule has 3 N–H and O–H groups in total. The summed E-state index contributed by atoms with van der Waals surface area (Å²) in [5.74, 6) is -1.92. The first kappa shape index (κ1) is 40.8. The van der Waals surface area contributed by atoms with Crippen molar-refractivity contribution in [2.45, 2.75) is 80.9 Å². The number of benzene rings is 3. The molecule has 2 fully saturated rings. The fourth-order valence-corrected chi connectivity index (χ4v) is 11.7. The van der Waals surface area contributed by atoms with E-state index in [2.05, 4.69) is 20.6 Å². The molecule has 8 rings (SSSR count). The number of piperidine rings is 1. The van der Waals surface area contributed by atoms with Gasteiger partial charge in [-0.2, -0.15) is 4.31 Å². The number of aliphatic imine (C=N–C) groups is 2. The van der Waals surface area contributed by atoms with Gasteiger partial charge in [0.05, 0.1) is 35.9 Å². The second kappa shape index (κ2) is 16.6. The average molecular weight is 844 g/mol. The first-order valence-electron chi connectivity index (χ1n) is 20.0. The topological polar surface area (TPSA) is 181 Å². The Balaban J connectivity index is 0.872. The number of carbonyl (C=O) groups excluding carboxylic acids is 4. The van der Waals surface area contributed by atoms with Crippen LogP contribution in [0.3, 0.4) is 0 Å². The van der Waals surface area contributed by atoms with E-state index < -0.39 is 51.6 Å². The first-order valence-corrected chi connectivity index (χ1v) is 22.4. The first-order chi connectivity index (χ1) is 28.4. The van der Waals surface area contributed by atoms with Crippen LogP contribution in [0.2, 0.25) is 0 Å². The number of nitrogens with one attached hydrogen (secondary N) is 2. The Morgan fingerprint density at radius 2 is 1.80 bits per heavy atom. The number of nitrogens with zero attached hydrogens (tertiary/aromatic N) is 5. The number of amides is 4. The number of aliphatic hydroxyl groups is 1. The molecule has 0 aromatic heterocycles. The number of fused-ring (bicyclic) bond motifs is 4. The van der Waals surface area contributed by atoms with Crippen LogP contribution >= 0.6 is 11.8 Å². The van der Waals surface area contributed by atoms with Gasteiger partial charge in [-0.15, -0.1) is 11.8 Å². The monoisotopic (exact) mass is 843 g/mol. The molecule has 2 saturated heterocycles. The van der Waals surface area contributed by atoms with Crippen LogP contribution in [0.15, 0.2) is 69.5 Å². The molecule has 5 atom stereocenters. The van der Waals surface area contributed by atoms with Crippen molar-refractivity contribution >= 4 is 68.2 Å². The van der Waals surface area contributed by atoms with E-state index in [4.69, 9.17) is 0 Å². The SMILES string of the molecule is CC1C=NC(S(=O)(=O)N2CC[C@@H]3[C@@H](CO)N(C)c4ccc(-c5cc(NCCCCCCSc6cccc7c6C(=O)N(C6CCC(=O)NC6=O)C7=O)ccc5F)cc4[C@@H]32)=N1. The van der Waals surface area contributed by atoms with E-state index in [0.717, 1.165) is 53.3 Å². The van der Waals surface area contributed by atoms with E-state index in [9.17, 15) is 32.7 Å². The Morgan fingerprint density at radius 3 is 2.56 bits per heavy atom. The molecule has 2 unspecified atom stereocenters. The third-order valence-corrected chi connectivity index (χ3v) is 14.8. The van der Waals surface area contributed by atoms with Gasteiger partial charge in [-0.1, -0.05) is 25.0 Å². The summed E-state index contributed by atoms with van der Waals surface area (Å²) in [6.07, 6.45) is 5.84. The molecule has 0 radical (unpaired) electrons. The maximum atomic E-state index is 15.5. The maximum Gasteiger partial charge on any atom is 0.278 e. The second-order valence-corrected chi connectivity index (χ2v) is 18.5. The minimum absolute atomic E-state index is 0.0674. The van der Waals surface area contributed by atoms with Crippen LogP contribution in [0.1, 0.15) is 84.2 Å². The zero-order chi connectivity index (χ0) is 41.6. The zero-order valence-corrected chi connectivity index (χ0v) is 34.4. The van der Waals surface area contributed by atoms with E-state index >= 15 is 4.39 Å². The number of hydrogen-bond acceptors (Lipinski definition) is 12. The summed E-state index contributed by atoms with van der Waals surface area (Å²) < 4.78 is 44.7. The second-order valence-electron chi connectivity index (χ2n) is 15.6. The summed E-state index contributed by atoms with van der Waals surface area (Å²) in [5.41, 5.74) is 3.87. The molecule has 0 saturated carbocycles. The van der Waals surface area contributed by atoms with Gasteiger partial charge in [0.2, 0.25) is 11.8 Å². The van der Waals surface area contributed by atoms with Gasteiger partial charge in [-0.05, 0) is 92.0 Å². The summed E-state index contributed by atoms with van der Waals surface area (Å²) in [4.78, 5) is 62.6. The molecule has 0 aliphatic carbocycles. The lowest BCUT2D eigenvalue weighted by Crippen LogP contribution is -2.54. The average Bonchev–Trinajstić information content (AvgIpc) is 3.94. The molecule has 310 valence electrons. The van der Waals surface area contributed by atoms with Crippen molar-refractivity contribution in [2.75, 3.05) is 42.7 Å². The standard InChI is InChI=1S/C42H46FN7O7S2/c1-24-22-45-42(46-24)59(56,57)49-18-16-27-34(23-51)48(2)32-13-10-25(20-30(32)38(27)49)29-21-26(11-12-31(29)43)44-17-5-3-4-6-19-58-35-9-7-8-28-37(35)41(55)50(40(28)54)33-14-15-36(52)47-39(33)53/h7-13,20-22,24,27,33-34,38,44,51H,3-6,14-19,23H2,1-2H3,(H,47,52,53)/t24?,27-,33?,34-,38-/m1/s1. The van der Waals surface area contributed by atoms with Gasteiger partial charge in [0.15, 0.2) is 0 Å². The molecule has 5 aliphatic heterocycles. The van der Waals surface area contributed by atoms with E-state index in [-0.39, 0.29) is 54.7 Å². The van der Waals surface area contributed by atoms with Gasteiger partial charge in [-0.3, -0.25) is 29.4 Å². The van der Waals surface area contributed by atoms with Crippen molar-refractivity contribution < 1.29 is 37.1 Å². The number of aliphatic hydroxyl groups excluding tert-OH is 1. The highest BCUT2D eigenvalue weighted by atomic mass is 32.2. The Morgan fingerprint density at radius 1 is 0.983 bits per heavy atom. The predicted octanol–water partition coefficient (Wildman–Crippen LogP) is 4.99. The molecule has 17 heteroatoms. The van der Waals surface area contributed by atoms with Crippen molar-refractivity contribution in [3.05, 3.63) is 77.1 Å². The number of unbranched alkanes of at least 4 members (excludes halogenated alkanes) is 3. The van der Waals surface area contributed by atoms with Crippen LogP contribution in [0.4, 0.5) is 15.8 Å². The van der Waals surface area contributed by atoms with E-state index in [1.54, 1.807) is 31.2 Å². The fraction of sp³-hybridized carbons (Fsp3) is 0.429. The minimum atomic E-state index is -4.02. The van der Waals surface area contributed by atoms with Crippen LogP contribution in [0.25, 0.3) is 11.1 Å². The van der Waals surface area contributed by atoms with Gasteiger partial charge in [0.25, 0.3) is 27.0 Å². The molecule has 3 aromatic carbocycles. The van der Waals surface area contributed by atoms with Gasteiger partial charge >= 0.3 is 0 Å². The van der Waals surface area contributed by atoms with E-state index in [1.807, 2.05) is 36.2 Å². The minimum Gasteiger partial charge on any atom is -0.394 e. The molecule has 5 aliphatic rings. The summed E-state index contributed by atoms with van der Waals surface area (Å²) in [7, 11) is -2.13. The number of hydrogen-bond donors (Lipinski definition) is 3. The predicted molar refractivity (Wildman–Crippen MR) is 224 cm³/mol. The Bertz CT molecular complexity index is 2390. The van der Waals surface area contributed by atoms with Crippen LogP contribution in [-0.4, -0.2) is 108 Å². The highest BCUT2D eigenvalue weighted by Crippen LogP contribution is 2.51. The van der Waals surface area contributed by atoms with Gasteiger partial charge in [0, 0.05) is 60.5 Å². The number of sulfonamides is 1. The number of halogens is 1. The molecule has 14 nitrogen and oxygen atoms in total. The number of amidine groups is 1. The van der Waals surface area contributed by atoms with E-state index in [0.29, 0.717) is 34.6 Å². The smallest absolute Gasteiger partial charge is 0.278 e. The lowest BCUT2D eigenvalue weighted by Gasteiger charge is -2.44. The fourth-order valence-electron chi connectivity index (χ4n) is 8.96. The molecule has 0 spiro atoms. The van der Waals surface area contributed by atoms with Crippen molar-refractivity contribution in [3.63, 3.8) is 0 Å². The number of thioether (sulfide) groups is 1. The Hall–Kier alpha value is -4.97. The Labute approximate surface area is 346 Å². The molecular weight excluding hydrogens is 798 g/mol. The number of likely N-dealkylation sites (N-methyl/N-ethyl adjacent to an activating group) is 1. The largest absolute Gasteiger partial charge is 0.394 e. The summed E-state index contributed by atoms with van der Waals surface area (Å²) in [6, 6.07) is 13.4. The number of rotatable bonds is 13. The number of anilines is 2. The van der Waals surface area contributed by atoms with Crippen molar-refractivity contribution in [3.8, 4) is 11.1 Å². The van der Waals surface area contributed by atoms with Crippen molar-refractivity contribution in [1.82, 2.24) is 14.5 Å². The summed E-state index contributed by atoms with van der Waals surface area (Å²) >= 11 is 1.50. The lowest BCUT2D eigenvalue weighted by molar-refractivity contribution is -0.136. The highest BCUT2D eigenvalue weighted by Gasteiger charge is 2.51. The Kier molecular flexibility index (Phi) is 11.5. The van der Waals surface area contributed by atoms with Crippen LogP contribution in [0.5, 0.6) is 0 Å². The van der Waals surface area contributed by atoms with Crippen LogP contribution in [0, 0.1) is 11.7 Å². The number of imide groups is 2. The van der Waals surface area contributed by atoms with Gasteiger partial charge < -0.3 is 15.3 Å². The molecule has 3 aromatic rings. The normalized spacial score (nSPS) is 24.0. The maximum absolute atomic E-state index is 15.5. The third-order valence-electron chi connectivity index (χ3n) is 11.9. The van der Waals surface area contributed by atoms with Crippen molar-refractivity contribution in [2.24, 2.45) is 15.9 Å². The van der Waals surface area contributed by atoms with Crippen LogP contribution in [-0.2, 0) is 19.6 Å². The molecule has 59 heavy (non-hydrogen) atoms. The zero-order valence-electron chi connectivity index (χ0n) is 32.8. The number of carbonyl (C=O) groups is 4. The summed E-state index contributed by atoms with van der Waals surface area (Å²) in [5, 5.41) is 15.8. The van der Waals surface area contributed by atoms with Crippen molar-refractivity contribution in [1.29, 1.82) is 0 Å². The van der Waals surface area contributed by atoms with Gasteiger partial charge in [-0.25, -0.2) is 22.8 Å². The highest BCUT2D eigenvalue weighted by molar-refractivity contribution is 8.04. The molecule has 4 amide bonds. The third kappa shape index (κ3) is 7.57. The molecule has 5 heterocycles. The lowest BCUT2D eigenvalue weighted by atomic mass is 9.81. The quantitative estimate of drug-likeness (QED) is 0.121. The van der Waals surface area contributed by atoms with Gasteiger partial charge in [0.1, 0.15) is 11.9 Å². The molecular formula is C42H46FN7O7S2.